The van der Waals surface area contributed by atoms with Crippen molar-refractivity contribution in [1.82, 2.24) is 0 Å². The summed E-state index contributed by atoms with van der Waals surface area (Å²) in [5.41, 5.74) is 1.89. The molecule has 1 fully saturated rings. The fourth-order valence-corrected chi connectivity index (χ4v) is 2.28. The Morgan fingerprint density at radius 2 is 1.72 bits per heavy atom. The molecular weight excluding hydrogens is 225 g/mol. The summed E-state index contributed by atoms with van der Waals surface area (Å²) in [6, 6.07) is 7.88. The lowest BCUT2D eigenvalue weighted by Gasteiger charge is -2.57. The van der Waals surface area contributed by atoms with E-state index < -0.39 is 0 Å². The molecule has 18 heavy (non-hydrogen) atoms. The lowest BCUT2D eigenvalue weighted by Crippen LogP contribution is -2.66. The van der Waals surface area contributed by atoms with Crippen molar-refractivity contribution in [3.8, 4) is 0 Å². The summed E-state index contributed by atoms with van der Waals surface area (Å²) in [4.78, 5) is 11.0. The number of rotatable bonds is 2. The predicted molar refractivity (Wildman–Crippen MR) is 75.3 cm³/mol. The van der Waals surface area contributed by atoms with Gasteiger partial charge in [-0.1, -0.05) is 26.0 Å². The number of hydrogen-bond donors (Lipinski definition) is 1. The molecule has 1 aromatic rings. The second kappa shape index (κ2) is 4.13. The van der Waals surface area contributed by atoms with E-state index in [-0.39, 0.29) is 23.7 Å². The van der Waals surface area contributed by atoms with E-state index in [1.807, 2.05) is 24.3 Å². The van der Waals surface area contributed by atoms with Crippen LogP contribution in [0.25, 0.3) is 0 Å². The highest BCUT2D eigenvalue weighted by atomic mass is 16.5. The minimum atomic E-state index is -0.0893. The van der Waals surface area contributed by atoms with Crippen LogP contribution in [0.4, 0.5) is 5.69 Å². The Morgan fingerprint density at radius 3 is 2.11 bits per heavy atom. The average molecular weight is 245 g/mol. The van der Waals surface area contributed by atoms with Gasteiger partial charge < -0.3 is 9.97 Å². The van der Waals surface area contributed by atoms with Crippen molar-refractivity contribution >= 4 is 24.0 Å². The van der Waals surface area contributed by atoms with Crippen molar-refractivity contribution in [3.05, 3.63) is 24.3 Å². The third-order valence-electron chi connectivity index (χ3n) is 4.15. The average Bonchev–Trinajstić information content (AvgIpc) is 2.26. The molecule has 0 aliphatic carbocycles. The molecule has 0 bridgehead atoms. The number of carbonyl (C=O) groups is 1. The SMILES string of the molecule is CC(=O)Nc1ccc(B2OC(C)(C)C2(C)C)cc1. The van der Waals surface area contributed by atoms with E-state index in [2.05, 4.69) is 33.0 Å². The van der Waals surface area contributed by atoms with E-state index >= 15 is 0 Å². The van der Waals surface area contributed by atoms with Gasteiger partial charge in [0, 0.05) is 23.5 Å². The molecule has 0 spiro atoms. The molecule has 0 atom stereocenters. The van der Waals surface area contributed by atoms with Crippen LogP contribution < -0.4 is 10.8 Å². The van der Waals surface area contributed by atoms with E-state index in [1.54, 1.807) is 0 Å². The first-order chi connectivity index (χ1) is 8.24. The second-order valence-corrected chi connectivity index (χ2v) is 6.03. The fraction of sp³-hybridized carbons (Fsp3) is 0.500. The summed E-state index contributed by atoms with van der Waals surface area (Å²) >= 11 is 0. The molecule has 3 nitrogen and oxygen atoms in total. The zero-order valence-corrected chi connectivity index (χ0v) is 11.7. The highest BCUT2D eigenvalue weighted by molar-refractivity contribution is 6.73. The molecule has 4 heteroatoms. The molecule has 2 rings (SSSR count). The van der Waals surface area contributed by atoms with Gasteiger partial charge in [-0.05, 0) is 31.4 Å². The molecule has 0 saturated carbocycles. The lowest BCUT2D eigenvalue weighted by molar-refractivity contribution is -0.114. The highest BCUT2D eigenvalue weighted by Gasteiger charge is 2.59. The molecule has 0 unspecified atom stereocenters. The van der Waals surface area contributed by atoms with Gasteiger partial charge in [0.15, 0.2) is 0 Å². The van der Waals surface area contributed by atoms with Crippen LogP contribution >= 0.6 is 0 Å². The number of amides is 1. The summed E-state index contributed by atoms with van der Waals surface area (Å²) in [6.07, 6.45) is 0. The number of nitrogens with one attached hydrogen (secondary N) is 1. The molecular formula is C14H20BNO2. The van der Waals surface area contributed by atoms with Gasteiger partial charge in [0.1, 0.15) is 0 Å². The van der Waals surface area contributed by atoms with Crippen LogP contribution in [0.1, 0.15) is 34.6 Å². The Hall–Kier alpha value is -1.29. The van der Waals surface area contributed by atoms with Gasteiger partial charge in [-0.2, -0.15) is 0 Å². The number of hydrogen-bond acceptors (Lipinski definition) is 2. The van der Waals surface area contributed by atoms with Crippen molar-refractivity contribution in [1.29, 1.82) is 0 Å². The molecule has 1 N–H and O–H groups in total. The molecule has 1 aromatic carbocycles. The third kappa shape index (κ3) is 2.05. The van der Waals surface area contributed by atoms with Gasteiger partial charge in [0.25, 0.3) is 0 Å². The first-order valence-electron chi connectivity index (χ1n) is 6.29. The summed E-state index contributed by atoms with van der Waals surface area (Å²) in [5, 5.41) is 2.88. The van der Waals surface area contributed by atoms with E-state index in [4.69, 9.17) is 4.65 Å². The Morgan fingerprint density at radius 1 is 1.17 bits per heavy atom. The van der Waals surface area contributed by atoms with Crippen molar-refractivity contribution < 1.29 is 9.45 Å². The minimum absolute atomic E-state index is 0.0518. The van der Waals surface area contributed by atoms with Crippen LogP contribution in [0.2, 0.25) is 5.31 Å². The molecule has 1 aliphatic rings. The van der Waals surface area contributed by atoms with E-state index in [0.29, 0.717) is 0 Å². The third-order valence-corrected chi connectivity index (χ3v) is 4.15. The molecule has 0 aromatic heterocycles. The van der Waals surface area contributed by atoms with Crippen molar-refractivity contribution in [2.24, 2.45) is 0 Å². The molecule has 1 saturated heterocycles. The number of anilines is 1. The number of carbonyl (C=O) groups excluding carboxylic acids is 1. The Labute approximate surface area is 109 Å². The highest BCUT2D eigenvalue weighted by Crippen LogP contribution is 2.53. The largest absolute Gasteiger partial charge is 0.425 e. The maximum atomic E-state index is 11.0. The van der Waals surface area contributed by atoms with Crippen LogP contribution in [0.3, 0.4) is 0 Å². The monoisotopic (exact) mass is 245 g/mol. The lowest BCUT2D eigenvalue weighted by atomic mass is 9.33. The quantitative estimate of drug-likeness (QED) is 0.812. The molecule has 96 valence electrons. The minimum Gasteiger partial charge on any atom is -0.425 e. The van der Waals surface area contributed by atoms with Crippen LogP contribution in [-0.2, 0) is 9.45 Å². The second-order valence-electron chi connectivity index (χ2n) is 6.03. The van der Waals surface area contributed by atoms with Crippen LogP contribution in [0.5, 0.6) is 0 Å². The van der Waals surface area contributed by atoms with Gasteiger partial charge >= 0.3 is 6.92 Å². The standard InChI is InChI=1S/C14H20BNO2/c1-10(17)16-12-8-6-11(7-9-12)15-13(2,3)14(4,5)18-15/h6-9H,1-5H3,(H,16,17). The van der Waals surface area contributed by atoms with Gasteiger partial charge in [-0.3, -0.25) is 4.79 Å². The van der Waals surface area contributed by atoms with E-state index in [0.717, 1.165) is 11.2 Å². The molecule has 1 aliphatic heterocycles. The topological polar surface area (TPSA) is 38.3 Å². The van der Waals surface area contributed by atoms with Crippen LogP contribution in [0.15, 0.2) is 24.3 Å². The molecule has 0 radical (unpaired) electrons. The summed E-state index contributed by atoms with van der Waals surface area (Å²) < 4.78 is 5.96. The smallest absolute Gasteiger partial charge is 0.335 e. The van der Waals surface area contributed by atoms with Gasteiger partial charge in [0.2, 0.25) is 5.91 Å². The van der Waals surface area contributed by atoms with Crippen molar-refractivity contribution in [2.75, 3.05) is 5.32 Å². The molecule has 1 amide bonds. The van der Waals surface area contributed by atoms with Gasteiger partial charge in [-0.25, -0.2) is 0 Å². The zero-order valence-electron chi connectivity index (χ0n) is 11.7. The van der Waals surface area contributed by atoms with E-state index in [1.165, 1.54) is 6.92 Å². The van der Waals surface area contributed by atoms with Gasteiger partial charge in [-0.15, -0.1) is 0 Å². The van der Waals surface area contributed by atoms with Crippen molar-refractivity contribution in [3.63, 3.8) is 0 Å². The first-order valence-corrected chi connectivity index (χ1v) is 6.29. The predicted octanol–water partition coefficient (Wildman–Crippen LogP) is 2.43. The van der Waals surface area contributed by atoms with Gasteiger partial charge in [0.05, 0.1) is 0 Å². The summed E-state index contributed by atoms with van der Waals surface area (Å²) in [7, 11) is 0. The normalized spacial score (nSPS) is 20.2. The Balaban J connectivity index is 2.15. The zero-order chi connectivity index (χ0) is 13.6. The Kier molecular flexibility index (Phi) is 3.02. The maximum absolute atomic E-state index is 11.0. The maximum Gasteiger partial charge on any atom is 0.335 e. The van der Waals surface area contributed by atoms with E-state index in [9.17, 15) is 4.79 Å². The number of benzene rings is 1. The fourth-order valence-electron chi connectivity index (χ4n) is 2.28. The molecule has 1 heterocycles. The Bertz CT molecular complexity index is 465. The first kappa shape index (κ1) is 13.2. The summed E-state index contributed by atoms with van der Waals surface area (Å²) in [5.74, 6) is -0.0518. The van der Waals surface area contributed by atoms with Crippen LogP contribution in [0, 0.1) is 0 Å². The summed E-state index contributed by atoms with van der Waals surface area (Å²) in [6.45, 7) is 10.3. The van der Waals surface area contributed by atoms with Crippen molar-refractivity contribution in [2.45, 2.75) is 45.5 Å². The van der Waals surface area contributed by atoms with Crippen LogP contribution in [-0.4, -0.2) is 18.4 Å².